The summed E-state index contributed by atoms with van der Waals surface area (Å²) in [6, 6.07) is 15.0. The number of thioether (sulfide) groups is 1. The van der Waals surface area contributed by atoms with E-state index in [1.54, 1.807) is 30.0 Å². The smallest absolute Gasteiger partial charge is 0.217 e. The van der Waals surface area contributed by atoms with Gasteiger partial charge < -0.3 is 5.32 Å². The zero-order valence-electron chi connectivity index (χ0n) is 14.8. The quantitative estimate of drug-likeness (QED) is 0.565. The van der Waals surface area contributed by atoms with Gasteiger partial charge in [-0.15, -0.1) is 10.2 Å². The van der Waals surface area contributed by atoms with Crippen LogP contribution in [0.2, 0.25) is 10.0 Å². The number of hydrogen-bond donors (Lipinski definition) is 1. The predicted molar refractivity (Wildman–Crippen MR) is 110 cm³/mol. The maximum Gasteiger partial charge on any atom is 0.217 e. The highest BCUT2D eigenvalue weighted by Gasteiger charge is 2.22. The molecule has 5 nitrogen and oxygen atoms in total. The topological polar surface area (TPSA) is 59.8 Å². The number of nitrogens with zero attached hydrogens (tertiary/aromatic N) is 3. The Kier molecular flexibility index (Phi) is 6.42. The van der Waals surface area contributed by atoms with Gasteiger partial charge in [-0.25, -0.2) is 0 Å². The average molecular weight is 421 g/mol. The maximum atomic E-state index is 11.5. The van der Waals surface area contributed by atoms with Crippen LogP contribution in [0.1, 0.15) is 31.3 Å². The van der Waals surface area contributed by atoms with E-state index in [9.17, 15) is 4.79 Å². The summed E-state index contributed by atoms with van der Waals surface area (Å²) in [4.78, 5) is 11.5. The number of amides is 1. The van der Waals surface area contributed by atoms with Crippen molar-refractivity contribution < 1.29 is 4.79 Å². The van der Waals surface area contributed by atoms with Gasteiger partial charge in [-0.2, -0.15) is 0 Å². The van der Waals surface area contributed by atoms with Crippen LogP contribution in [0.4, 0.5) is 0 Å². The zero-order valence-corrected chi connectivity index (χ0v) is 17.1. The van der Waals surface area contributed by atoms with Gasteiger partial charge in [0.1, 0.15) is 0 Å². The standard InChI is InChI=1S/C19H18Cl2N4OS/c1-12(22-13(2)26)18-23-24-19(27-11-14-6-4-3-5-7-14)25(18)17-10-15(20)8-9-16(17)21/h3-10,12H,11H2,1-2H3,(H,22,26). The molecule has 2 aromatic carbocycles. The summed E-state index contributed by atoms with van der Waals surface area (Å²) in [5, 5.41) is 13.2. The summed E-state index contributed by atoms with van der Waals surface area (Å²) >= 11 is 14.2. The van der Waals surface area contributed by atoms with Gasteiger partial charge in [-0.3, -0.25) is 9.36 Å². The molecule has 3 rings (SSSR count). The fourth-order valence-corrected chi connectivity index (χ4v) is 3.91. The Labute approximate surface area is 172 Å². The second-order valence-electron chi connectivity index (χ2n) is 5.97. The Morgan fingerprint density at radius 1 is 1.19 bits per heavy atom. The van der Waals surface area contributed by atoms with Crippen molar-refractivity contribution in [3.63, 3.8) is 0 Å². The van der Waals surface area contributed by atoms with Crippen LogP contribution in [0.3, 0.4) is 0 Å². The third-order valence-electron chi connectivity index (χ3n) is 3.83. The molecule has 0 saturated carbocycles. The molecule has 1 amide bonds. The second kappa shape index (κ2) is 8.78. The summed E-state index contributed by atoms with van der Waals surface area (Å²) in [5.74, 6) is 1.17. The largest absolute Gasteiger partial charge is 0.347 e. The van der Waals surface area contributed by atoms with Gasteiger partial charge in [0.25, 0.3) is 0 Å². The van der Waals surface area contributed by atoms with E-state index in [-0.39, 0.29) is 11.9 Å². The third kappa shape index (κ3) is 4.83. The number of rotatable bonds is 6. The molecule has 0 aliphatic carbocycles. The molecule has 0 fully saturated rings. The van der Waals surface area contributed by atoms with E-state index < -0.39 is 0 Å². The van der Waals surface area contributed by atoms with Gasteiger partial charge in [0.15, 0.2) is 11.0 Å². The Bertz CT molecular complexity index is 946. The van der Waals surface area contributed by atoms with Crippen molar-refractivity contribution in [2.24, 2.45) is 0 Å². The average Bonchev–Trinajstić information content (AvgIpc) is 3.06. The van der Waals surface area contributed by atoms with Crippen molar-refractivity contribution >= 4 is 40.9 Å². The van der Waals surface area contributed by atoms with Gasteiger partial charge in [0.05, 0.1) is 16.8 Å². The predicted octanol–water partition coefficient (Wildman–Crippen LogP) is 5.06. The summed E-state index contributed by atoms with van der Waals surface area (Å²) < 4.78 is 1.85. The molecule has 0 bridgehead atoms. The molecule has 140 valence electrons. The normalized spacial score (nSPS) is 12.0. The highest BCUT2D eigenvalue weighted by atomic mass is 35.5. The molecule has 1 aromatic heterocycles. The van der Waals surface area contributed by atoms with E-state index in [1.807, 2.05) is 29.7 Å². The van der Waals surface area contributed by atoms with Gasteiger partial charge in [-0.05, 0) is 30.7 Å². The number of halogens is 2. The number of benzene rings is 2. The molecule has 0 saturated heterocycles. The number of carbonyl (C=O) groups excluding carboxylic acids is 1. The first-order valence-corrected chi connectivity index (χ1v) is 10.0. The Morgan fingerprint density at radius 3 is 2.63 bits per heavy atom. The monoisotopic (exact) mass is 420 g/mol. The summed E-state index contributed by atoms with van der Waals surface area (Å²) in [7, 11) is 0. The molecule has 0 aliphatic heterocycles. The number of carbonyl (C=O) groups is 1. The second-order valence-corrected chi connectivity index (χ2v) is 7.75. The van der Waals surface area contributed by atoms with E-state index in [0.717, 1.165) is 5.75 Å². The molecule has 8 heteroatoms. The first-order valence-electron chi connectivity index (χ1n) is 8.30. The van der Waals surface area contributed by atoms with Crippen molar-refractivity contribution in [1.29, 1.82) is 0 Å². The van der Waals surface area contributed by atoms with Crippen molar-refractivity contribution in [2.45, 2.75) is 30.8 Å². The lowest BCUT2D eigenvalue weighted by atomic mass is 10.2. The molecule has 1 N–H and O–H groups in total. The van der Waals surface area contributed by atoms with Crippen LogP contribution in [0, 0.1) is 0 Å². The third-order valence-corrected chi connectivity index (χ3v) is 5.38. The fraction of sp³-hybridized carbons (Fsp3) is 0.211. The van der Waals surface area contributed by atoms with Crippen molar-refractivity contribution in [3.05, 3.63) is 70.0 Å². The summed E-state index contributed by atoms with van der Waals surface area (Å²) in [6.07, 6.45) is 0. The van der Waals surface area contributed by atoms with E-state index in [2.05, 4.69) is 27.6 Å². The maximum absolute atomic E-state index is 11.5. The minimum atomic E-state index is -0.337. The van der Waals surface area contributed by atoms with Crippen LogP contribution < -0.4 is 5.32 Å². The van der Waals surface area contributed by atoms with Crippen LogP contribution >= 0.6 is 35.0 Å². The van der Waals surface area contributed by atoms with Crippen molar-refractivity contribution in [2.75, 3.05) is 0 Å². The van der Waals surface area contributed by atoms with Gasteiger partial charge in [0, 0.05) is 17.7 Å². The minimum absolute atomic E-state index is 0.146. The Balaban J connectivity index is 2.01. The molecular weight excluding hydrogens is 403 g/mol. The molecular formula is C19H18Cl2N4OS. The van der Waals surface area contributed by atoms with Crippen LogP contribution in [-0.2, 0) is 10.5 Å². The number of hydrogen-bond acceptors (Lipinski definition) is 4. The first-order chi connectivity index (χ1) is 13.0. The zero-order chi connectivity index (χ0) is 19.4. The van der Waals surface area contributed by atoms with Gasteiger partial charge in [-0.1, -0.05) is 65.3 Å². The van der Waals surface area contributed by atoms with Crippen LogP contribution in [0.5, 0.6) is 0 Å². The molecule has 0 spiro atoms. The van der Waals surface area contributed by atoms with Gasteiger partial charge in [0.2, 0.25) is 5.91 Å². The minimum Gasteiger partial charge on any atom is -0.347 e. The lowest BCUT2D eigenvalue weighted by Gasteiger charge is -2.16. The first kappa shape index (κ1) is 19.7. The molecule has 0 aliphatic rings. The van der Waals surface area contributed by atoms with E-state index in [0.29, 0.717) is 26.7 Å². The molecule has 1 atom stereocenters. The number of aromatic nitrogens is 3. The lowest BCUT2D eigenvalue weighted by Crippen LogP contribution is -2.26. The van der Waals surface area contributed by atoms with Crippen LogP contribution in [0.25, 0.3) is 5.69 Å². The molecule has 3 aromatic rings. The van der Waals surface area contributed by atoms with Crippen molar-refractivity contribution in [1.82, 2.24) is 20.1 Å². The fourth-order valence-electron chi connectivity index (χ4n) is 2.63. The highest BCUT2D eigenvalue weighted by Crippen LogP contribution is 2.32. The van der Waals surface area contributed by atoms with E-state index >= 15 is 0 Å². The Hall–Kier alpha value is -2.02. The molecule has 27 heavy (non-hydrogen) atoms. The van der Waals surface area contributed by atoms with Crippen LogP contribution in [-0.4, -0.2) is 20.7 Å². The summed E-state index contributed by atoms with van der Waals surface area (Å²) in [5.41, 5.74) is 1.85. The SMILES string of the molecule is CC(=O)NC(C)c1nnc(SCc2ccccc2)n1-c1cc(Cl)ccc1Cl. The lowest BCUT2D eigenvalue weighted by molar-refractivity contribution is -0.119. The molecule has 0 radical (unpaired) electrons. The molecule has 1 heterocycles. The summed E-state index contributed by atoms with van der Waals surface area (Å²) in [6.45, 7) is 3.32. The van der Waals surface area contributed by atoms with E-state index in [4.69, 9.17) is 23.2 Å². The van der Waals surface area contributed by atoms with Gasteiger partial charge >= 0.3 is 0 Å². The van der Waals surface area contributed by atoms with E-state index in [1.165, 1.54) is 12.5 Å². The Morgan fingerprint density at radius 2 is 1.93 bits per heavy atom. The van der Waals surface area contributed by atoms with Crippen molar-refractivity contribution in [3.8, 4) is 5.69 Å². The number of nitrogens with one attached hydrogen (secondary N) is 1. The highest BCUT2D eigenvalue weighted by molar-refractivity contribution is 7.98. The molecule has 1 unspecified atom stereocenters. The van der Waals surface area contributed by atoms with Crippen LogP contribution in [0.15, 0.2) is 53.7 Å².